The molecule has 0 spiro atoms. The van der Waals surface area contributed by atoms with Gasteiger partial charge in [0, 0.05) is 22.5 Å². The van der Waals surface area contributed by atoms with Gasteiger partial charge in [-0.05, 0) is 43.9 Å². The Labute approximate surface area is 108 Å². The first-order valence-electron chi connectivity index (χ1n) is 6.10. The molecule has 0 aliphatic heterocycles. The van der Waals surface area contributed by atoms with E-state index in [2.05, 4.69) is 6.92 Å². The summed E-state index contributed by atoms with van der Waals surface area (Å²) in [6, 6.07) is 2.03. The lowest BCUT2D eigenvalue weighted by molar-refractivity contribution is 0.242. The second-order valence-corrected chi connectivity index (χ2v) is 5.43. The highest BCUT2D eigenvalue weighted by Crippen LogP contribution is 2.49. The molecule has 0 radical (unpaired) electrons. The second kappa shape index (κ2) is 4.51. The summed E-state index contributed by atoms with van der Waals surface area (Å²) in [6.45, 7) is 4.75. The Morgan fingerprint density at radius 3 is 2.47 bits per heavy atom. The third-order valence-electron chi connectivity index (χ3n) is 4.10. The minimum atomic E-state index is 0.0900. The van der Waals surface area contributed by atoms with Crippen molar-refractivity contribution in [1.82, 2.24) is 0 Å². The van der Waals surface area contributed by atoms with Gasteiger partial charge >= 0.3 is 0 Å². The topological polar surface area (TPSA) is 35.2 Å². The average Bonchev–Trinajstić information content (AvgIpc) is 2.27. The van der Waals surface area contributed by atoms with Gasteiger partial charge < -0.3 is 10.5 Å². The molecule has 1 aromatic rings. The molecule has 0 heterocycles. The molecule has 2 rings (SSSR count). The molecule has 1 aromatic carbocycles. The molecule has 17 heavy (non-hydrogen) atoms. The summed E-state index contributed by atoms with van der Waals surface area (Å²) in [6.07, 6.45) is 3.52. The van der Waals surface area contributed by atoms with Crippen molar-refractivity contribution in [2.45, 2.75) is 38.5 Å². The molecule has 0 unspecified atom stereocenters. The largest absolute Gasteiger partial charge is 0.496 e. The Kier molecular flexibility index (Phi) is 3.37. The fourth-order valence-corrected chi connectivity index (χ4v) is 3.05. The lowest BCUT2D eigenvalue weighted by Gasteiger charge is -2.43. The Morgan fingerprint density at radius 2 is 2.06 bits per heavy atom. The van der Waals surface area contributed by atoms with Crippen LogP contribution in [0.1, 0.15) is 36.0 Å². The smallest absolute Gasteiger partial charge is 0.123 e. The van der Waals surface area contributed by atoms with Crippen LogP contribution in [-0.4, -0.2) is 13.7 Å². The predicted octanol–water partition coefficient (Wildman–Crippen LogP) is 3.35. The standard InChI is InChI=1S/C14H20ClNO/c1-9-7-11(17-3)12(10(2)13(9)15)14(8-16)5-4-6-14/h7H,4-6,8,16H2,1-3H3. The van der Waals surface area contributed by atoms with Crippen LogP contribution in [0.3, 0.4) is 0 Å². The Morgan fingerprint density at radius 1 is 1.41 bits per heavy atom. The van der Waals surface area contributed by atoms with Gasteiger partial charge in [0.15, 0.2) is 0 Å². The van der Waals surface area contributed by atoms with Crippen LogP contribution in [0.4, 0.5) is 0 Å². The number of hydrogen-bond acceptors (Lipinski definition) is 2. The molecule has 0 atom stereocenters. The number of aryl methyl sites for hydroxylation is 1. The molecule has 1 saturated carbocycles. The molecule has 1 fully saturated rings. The zero-order valence-electron chi connectivity index (χ0n) is 10.8. The van der Waals surface area contributed by atoms with E-state index in [4.69, 9.17) is 22.1 Å². The summed E-state index contributed by atoms with van der Waals surface area (Å²) in [5.41, 5.74) is 9.50. The summed E-state index contributed by atoms with van der Waals surface area (Å²) >= 11 is 6.36. The van der Waals surface area contributed by atoms with E-state index >= 15 is 0 Å². The summed E-state index contributed by atoms with van der Waals surface area (Å²) in [5, 5.41) is 0.848. The van der Waals surface area contributed by atoms with Gasteiger partial charge in [0.25, 0.3) is 0 Å². The molecule has 2 nitrogen and oxygen atoms in total. The van der Waals surface area contributed by atoms with Gasteiger partial charge in [0.05, 0.1) is 7.11 Å². The minimum absolute atomic E-state index is 0.0900. The third kappa shape index (κ3) is 1.84. The van der Waals surface area contributed by atoms with E-state index in [1.165, 1.54) is 12.0 Å². The van der Waals surface area contributed by atoms with Crippen LogP contribution in [0.5, 0.6) is 5.75 Å². The number of nitrogens with two attached hydrogens (primary N) is 1. The maximum atomic E-state index is 6.36. The molecule has 3 heteroatoms. The fourth-order valence-electron chi connectivity index (χ4n) is 2.90. The van der Waals surface area contributed by atoms with Crippen molar-refractivity contribution < 1.29 is 4.74 Å². The van der Waals surface area contributed by atoms with Crippen molar-refractivity contribution in [3.8, 4) is 5.75 Å². The van der Waals surface area contributed by atoms with E-state index < -0.39 is 0 Å². The van der Waals surface area contributed by atoms with Gasteiger partial charge in [0.2, 0.25) is 0 Å². The van der Waals surface area contributed by atoms with Crippen LogP contribution in [0.25, 0.3) is 0 Å². The van der Waals surface area contributed by atoms with Crippen molar-refractivity contribution in [2.24, 2.45) is 5.73 Å². The molecule has 1 aliphatic carbocycles. The number of benzene rings is 1. The van der Waals surface area contributed by atoms with Gasteiger partial charge in [-0.1, -0.05) is 18.0 Å². The fraction of sp³-hybridized carbons (Fsp3) is 0.571. The zero-order chi connectivity index (χ0) is 12.6. The van der Waals surface area contributed by atoms with Gasteiger partial charge in [-0.25, -0.2) is 0 Å². The van der Waals surface area contributed by atoms with E-state index in [0.29, 0.717) is 6.54 Å². The molecule has 0 amide bonds. The van der Waals surface area contributed by atoms with Crippen molar-refractivity contribution in [3.63, 3.8) is 0 Å². The van der Waals surface area contributed by atoms with E-state index in [9.17, 15) is 0 Å². The van der Waals surface area contributed by atoms with Crippen molar-refractivity contribution in [3.05, 3.63) is 27.8 Å². The highest BCUT2D eigenvalue weighted by Gasteiger charge is 2.41. The SMILES string of the molecule is COc1cc(C)c(Cl)c(C)c1C1(CN)CCC1. The molecule has 0 aromatic heterocycles. The summed E-state index contributed by atoms with van der Waals surface area (Å²) in [5.74, 6) is 0.939. The average molecular weight is 254 g/mol. The number of methoxy groups -OCH3 is 1. The van der Waals surface area contributed by atoms with Crippen molar-refractivity contribution in [1.29, 1.82) is 0 Å². The van der Waals surface area contributed by atoms with Gasteiger partial charge in [-0.2, -0.15) is 0 Å². The van der Waals surface area contributed by atoms with Crippen LogP contribution in [0.2, 0.25) is 5.02 Å². The number of hydrogen-bond donors (Lipinski definition) is 1. The molecular formula is C14H20ClNO. The normalized spacial score (nSPS) is 17.7. The Bertz CT molecular complexity index is 433. The van der Waals surface area contributed by atoms with E-state index in [1.807, 2.05) is 13.0 Å². The molecule has 0 saturated heterocycles. The highest BCUT2D eigenvalue weighted by molar-refractivity contribution is 6.32. The molecule has 1 aliphatic rings. The monoisotopic (exact) mass is 253 g/mol. The molecule has 0 bridgehead atoms. The van der Waals surface area contributed by atoms with E-state index in [1.54, 1.807) is 7.11 Å². The Hall–Kier alpha value is -0.730. The summed E-state index contributed by atoms with van der Waals surface area (Å²) in [7, 11) is 1.72. The summed E-state index contributed by atoms with van der Waals surface area (Å²) < 4.78 is 5.53. The van der Waals surface area contributed by atoms with Gasteiger partial charge in [-0.3, -0.25) is 0 Å². The first-order valence-corrected chi connectivity index (χ1v) is 6.48. The Balaban J connectivity index is 2.63. The van der Waals surface area contributed by atoms with Gasteiger partial charge in [-0.15, -0.1) is 0 Å². The highest BCUT2D eigenvalue weighted by atomic mass is 35.5. The maximum Gasteiger partial charge on any atom is 0.123 e. The maximum absolute atomic E-state index is 6.36. The molecular weight excluding hydrogens is 234 g/mol. The van der Waals surface area contributed by atoms with Crippen molar-refractivity contribution >= 4 is 11.6 Å². The third-order valence-corrected chi connectivity index (χ3v) is 4.68. The van der Waals surface area contributed by atoms with Crippen LogP contribution in [0, 0.1) is 13.8 Å². The molecule has 94 valence electrons. The first-order chi connectivity index (χ1) is 8.05. The van der Waals surface area contributed by atoms with Crippen molar-refractivity contribution in [2.75, 3.05) is 13.7 Å². The number of halogens is 1. The van der Waals surface area contributed by atoms with Crippen LogP contribution in [-0.2, 0) is 5.41 Å². The summed E-state index contributed by atoms with van der Waals surface area (Å²) in [4.78, 5) is 0. The van der Waals surface area contributed by atoms with Crippen LogP contribution < -0.4 is 10.5 Å². The number of ether oxygens (including phenoxy) is 1. The zero-order valence-corrected chi connectivity index (χ0v) is 11.5. The predicted molar refractivity (Wildman–Crippen MR) is 72.1 cm³/mol. The van der Waals surface area contributed by atoms with Gasteiger partial charge in [0.1, 0.15) is 5.75 Å². The second-order valence-electron chi connectivity index (χ2n) is 5.05. The lowest BCUT2D eigenvalue weighted by Crippen LogP contribution is -2.42. The van der Waals surface area contributed by atoms with Crippen LogP contribution in [0.15, 0.2) is 6.07 Å². The first kappa shape index (κ1) is 12.7. The van der Waals surface area contributed by atoms with E-state index in [-0.39, 0.29) is 5.41 Å². The van der Waals surface area contributed by atoms with E-state index in [0.717, 1.165) is 34.7 Å². The quantitative estimate of drug-likeness (QED) is 0.897. The lowest BCUT2D eigenvalue weighted by atomic mass is 9.63. The molecule has 2 N–H and O–H groups in total. The van der Waals surface area contributed by atoms with Crippen LogP contribution >= 0.6 is 11.6 Å². The minimum Gasteiger partial charge on any atom is -0.496 e. The number of rotatable bonds is 3.